The fourth-order valence-corrected chi connectivity index (χ4v) is 9.60. The van der Waals surface area contributed by atoms with Crippen molar-refractivity contribution in [3.8, 4) is 28.0 Å². The van der Waals surface area contributed by atoms with Gasteiger partial charge < -0.3 is 28.7 Å². The van der Waals surface area contributed by atoms with Gasteiger partial charge in [0, 0.05) is 48.3 Å². The minimum atomic E-state index is -0.834. The number of hydrogen-bond donors (Lipinski definition) is 0. The average molecular weight is 797 g/mol. The Bertz CT molecular complexity index is 2080. The molecule has 0 radical (unpaired) electrons. The Morgan fingerprint density at radius 2 is 1.75 bits per heavy atom. The van der Waals surface area contributed by atoms with E-state index in [1.807, 2.05) is 54.3 Å². The zero-order chi connectivity index (χ0) is 40.3. The summed E-state index contributed by atoms with van der Waals surface area (Å²) in [6.07, 6.45) is 6.37. The molecule has 7 rings (SSSR count). The second-order valence-corrected chi connectivity index (χ2v) is 17.1. The molecule has 4 heterocycles. The van der Waals surface area contributed by atoms with Gasteiger partial charge in [0.15, 0.2) is 5.78 Å². The van der Waals surface area contributed by atoms with E-state index in [1.54, 1.807) is 37.4 Å². The average Bonchev–Trinajstić information content (AvgIpc) is 3.49. The predicted octanol–water partition coefficient (Wildman–Crippen LogP) is 9.13. The first-order chi connectivity index (χ1) is 27.5. The third kappa shape index (κ3) is 8.61. The van der Waals surface area contributed by atoms with E-state index in [0.29, 0.717) is 43.1 Å². The van der Waals surface area contributed by atoms with E-state index in [0.717, 1.165) is 77.0 Å². The summed E-state index contributed by atoms with van der Waals surface area (Å²) in [7, 11) is 3.28. The number of benzene rings is 2. The summed E-state index contributed by atoms with van der Waals surface area (Å²) in [4.78, 5) is 56.6. The summed E-state index contributed by atoms with van der Waals surface area (Å²) < 4.78 is 23.6. The van der Waals surface area contributed by atoms with Gasteiger partial charge in [0.2, 0.25) is 0 Å². The maximum absolute atomic E-state index is 14.9. The number of ether oxygens (including phenoxy) is 4. The van der Waals surface area contributed by atoms with Gasteiger partial charge in [0.05, 0.1) is 50.0 Å². The molecule has 2 amide bonds. The molecule has 0 N–H and O–H groups in total. The topological polar surface area (TPSA) is 120 Å². The fraction of sp³-hybridized carbons (Fsp3) is 0.533. The monoisotopic (exact) mass is 796 g/mol. The first-order valence-electron chi connectivity index (χ1n) is 20.5. The maximum atomic E-state index is 14.9. The smallest absolute Gasteiger partial charge is 0.321 e. The molecule has 1 aliphatic carbocycles. The van der Waals surface area contributed by atoms with Crippen LogP contribution in [-0.4, -0.2) is 83.6 Å². The van der Waals surface area contributed by atoms with Crippen LogP contribution in [0.3, 0.4) is 0 Å². The number of Topliss-reactive ketones (excluding diaryl/α,β-unsaturated/α-hetero) is 1. The molecule has 2 saturated heterocycles. The number of carbonyl (C=O) groups excluding carboxylic acids is 3. The number of esters is 1. The van der Waals surface area contributed by atoms with Crippen LogP contribution in [0.15, 0.2) is 47.8 Å². The molecule has 2 aromatic heterocycles. The highest BCUT2D eigenvalue weighted by Crippen LogP contribution is 2.59. The quantitative estimate of drug-likeness (QED) is 0.145. The molecule has 2 aromatic carbocycles. The van der Waals surface area contributed by atoms with Gasteiger partial charge in [-0.1, -0.05) is 51.7 Å². The fourth-order valence-electron chi connectivity index (χ4n) is 8.66. The minimum Gasteiger partial charge on any atom is -0.497 e. The van der Waals surface area contributed by atoms with Gasteiger partial charge in [-0.15, -0.1) is 11.3 Å². The third-order valence-corrected chi connectivity index (χ3v) is 12.9. The third-order valence-electron chi connectivity index (χ3n) is 12.1. The van der Waals surface area contributed by atoms with Gasteiger partial charge in [-0.05, 0) is 74.8 Å². The van der Waals surface area contributed by atoms with Crippen LogP contribution in [-0.2, 0) is 20.9 Å². The highest BCUT2D eigenvalue weighted by Gasteiger charge is 2.62. The SMILES string of the molecule is CCOC(=O)[C@]12CC(=O)[C@@H]3C[C@@H](Oc4cc(-c5nc(C(C)C)cs5)nc5c(C)c(OC)ccc45)CN3C(=O)N(Cc3ccc(OC)cc3)CCCCCCC[C@@H]1C2. The lowest BCUT2D eigenvalue weighted by atomic mass is 9.90. The summed E-state index contributed by atoms with van der Waals surface area (Å²) in [5.74, 6) is 2.04. The van der Waals surface area contributed by atoms with Crippen molar-refractivity contribution in [3.63, 3.8) is 0 Å². The molecule has 12 heteroatoms. The summed E-state index contributed by atoms with van der Waals surface area (Å²) >= 11 is 1.54. The van der Waals surface area contributed by atoms with E-state index >= 15 is 0 Å². The molecule has 0 bridgehead atoms. The Kier molecular flexibility index (Phi) is 12.4. The molecule has 2 aliphatic heterocycles. The van der Waals surface area contributed by atoms with E-state index in [9.17, 15) is 14.4 Å². The zero-order valence-electron chi connectivity index (χ0n) is 34.2. The van der Waals surface area contributed by atoms with Gasteiger partial charge in [-0.3, -0.25) is 9.59 Å². The van der Waals surface area contributed by atoms with Crippen molar-refractivity contribution < 1.29 is 33.3 Å². The molecule has 0 spiro atoms. The maximum Gasteiger partial charge on any atom is 0.321 e. The van der Waals surface area contributed by atoms with Gasteiger partial charge in [-0.2, -0.15) is 0 Å². The van der Waals surface area contributed by atoms with Crippen LogP contribution in [0.2, 0.25) is 0 Å². The van der Waals surface area contributed by atoms with Crippen molar-refractivity contribution in [2.75, 3.05) is 33.9 Å². The van der Waals surface area contributed by atoms with Gasteiger partial charge in [0.1, 0.15) is 34.1 Å². The Balaban J connectivity index is 1.24. The number of ketones is 1. The summed E-state index contributed by atoms with van der Waals surface area (Å²) in [5.41, 5.74) is 3.45. The number of aryl methyl sites for hydroxylation is 1. The Morgan fingerprint density at radius 3 is 2.47 bits per heavy atom. The van der Waals surface area contributed by atoms with Crippen LogP contribution in [0, 0.1) is 18.3 Å². The first kappa shape index (κ1) is 40.5. The van der Waals surface area contributed by atoms with E-state index in [2.05, 4.69) is 19.2 Å². The van der Waals surface area contributed by atoms with E-state index < -0.39 is 17.6 Å². The second kappa shape index (κ2) is 17.4. The normalized spacial score (nSPS) is 23.1. The number of carbonyl (C=O) groups is 3. The molecule has 3 aliphatic rings. The number of methoxy groups -OCH3 is 2. The van der Waals surface area contributed by atoms with Crippen LogP contribution < -0.4 is 14.2 Å². The van der Waals surface area contributed by atoms with Crippen LogP contribution >= 0.6 is 11.3 Å². The lowest BCUT2D eigenvalue weighted by molar-refractivity contribution is -0.152. The van der Waals surface area contributed by atoms with E-state index in [1.165, 1.54) is 0 Å². The second-order valence-electron chi connectivity index (χ2n) is 16.2. The molecule has 1 saturated carbocycles. The van der Waals surface area contributed by atoms with E-state index in [-0.39, 0.29) is 49.2 Å². The molecular formula is C45H56N4O7S. The molecule has 57 heavy (non-hydrogen) atoms. The number of thiazole rings is 1. The Morgan fingerprint density at radius 1 is 0.982 bits per heavy atom. The van der Waals surface area contributed by atoms with Crippen molar-refractivity contribution in [2.24, 2.45) is 11.3 Å². The van der Waals surface area contributed by atoms with Crippen molar-refractivity contribution in [1.82, 2.24) is 19.8 Å². The summed E-state index contributed by atoms with van der Waals surface area (Å²) in [6, 6.07) is 12.6. The number of rotatable bonds is 10. The van der Waals surface area contributed by atoms with Crippen LogP contribution in [0.1, 0.15) is 101 Å². The lowest BCUT2D eigenvalue weighted by Crippen LogP contribution is -2.49. The largest absolute Gasteiger partial charge is 0.497 e. The number of nitrogens with zero attached hydrogens (tertiary/aromatic N) is 4. The predicted molar refractivity (Wildman–Crippen MR) is 221 cm³/mol. The van der Waals surface area contributed by atoms with Crippen molar-refractivity contribution >= 4 is 40.0 Å². The zero-order valence-corrected chi connectivity index (χ0v) is 35.0. The minimum absolute atomic E-state index is 0.0553. The van der Waals surface area contributed by atoms with Gasteiger partial charge >= 0.3 is 12.0 Å². The highest BCUT2D eigenvalue weighted by molar-refractivity contribution is 7.13. The molecular weight excluding hydrogens is 741 g/mol. The Labute approximate surface area is 340 Å². The van der Waals surface area contributed by atoms with Crippen molar-refractivity contribution in [2.45, 2.75) is 110 Å². The standard InChI is InChI=1S/C45H56N4O7S/c1-7-55-43(51)45-23-31(45)13-11-9-8-10-12-20-48(25-30-14-16-32(53-5)17-15-30)44(52)49-26-33(21-37(49)38(50)24-45)56-40-22-35(42-47-36(27-57-42)28(2)3)46-41-29(4)39(54-6)19-18-34(40)41/h14-19,22,27-28,31,33,37H,7-13,20-21,23-26H2,1-6H3/t31-,33-,37+,45-/m1/s1. The summed E-state index contributed by atoms with van der Waals surface area (Å²) in [5, 5.41) is 3.66. The summed E-state index contributed by atoms with van der Waals surface area (Å²) in [6.45, 7) is 9.46. The van der Waals surface area contributed by atoms with Gasteiger partial charge in [0.25, 0.3) is 0 Å². The molecule has 11 nitrogen and oxygen atoms in total. The molecule has 3 fully saturated rings. The van der Waals surface area contributed by atoms with Gasteiger partial charge in [-0.25, -0.2) is 14.8 Å². The van der Waals surface area contributed by atoms with Crippen molar-refractivity contribution in [3.05, 3.63) is 64.7 Å². The van der Waals surface area contributed by atoms with Crippen LogP contribution in [0.5, 0.6) is 17.2 Å². The molecule has 0 unspecified atom stereocenters. The molecule has 4 aromatic rings. The first-order valence-corrected chi connectivity index (χ1v) is 21.4. The van der Waals surface area contributed by atoms with Crippen LogP contribution in [0.4, 0.5) is 4.79 Å². The highest BCUT2D eigenvalue weighted by atomic mass is 32.1. The van der Waals surface area contributed by atoms with Crippen LogP contribution in [0.25, 0.3) is 21.6 Å². The molecule has 4 atom stereocenters. The number of fused-ring (bicyclic) bond motifs is 3. The van der Waals surface area contributed by atoms with Crippen molar-refractivity contribution in [1.29, 1.82) is 0 Å². The number of urea groups is 1. The Hall–Kier alpha value is -4.71. The number of hydrogen-bond acceptors (Lipinski definition) is 10. The van der Waals surface area contributed by atoms with E-state index in [4.69, 9.17) is 28.9 Å². The number of pyridine rings is 1. The molecule has 304 valence electrons. The number of amides is 2. The lowest BCUT2D eigenvalue weighted by Gasteiger charge is -2.32. The number of aromatic nitrogens is 2.